The standard InChI is InChI=1S/C17H28FN3/c1-16(2,3)20-11-12-7-9-19-15(14(12)18)21-13-6-8-17(4,5)10-13/h7,9,13,20H,6,8,10-11H2,1-5H3,(H,19,21). The van der Waals surface area contributed by atoms with Crippen LogP contribution < -0.4 is 10.6 Å². The molecule has 1 fully saturated rings. The highest BCUT2D eigenvalue weighted by molar-refractivity contribution is 5.41. The molecule has 1 saturated carbocycles. The van der Waals surface area contributed by atoms with E-state index in [0.29, 0.717) is 29.4 Å². The Morgan fingerprint density at radius 1 is 1.38 bits per heavy atom. The minimum atomic E-state index is -0.223. The molecule has 2 N–H and O–H groups in total. The van der Waals surface area contributed by atoms with Gasteiger partial charge >= 0.3 is 0 Å². The number of rotatable bonds is 4. The van der Waals surface area contributed by atoms with Gasteiger partial charge in [0.2, 0.25) is 0 Å². The van der Waals surface area contributed by atoms with Gasteiger partial charge in [-0.05, 0) is 51.5 Å². The quantitative estimate of drug-likeness (QED) is 0.877. The Morgan fingerprint density at radius 2 is 2.10 bits per heavy atom. The summed E-state index contributed by atoms with van der Waals surface area (Å²) in [5, 5.41) is 6.61. The zero-order valence-electron chi connectivity index (χ0n) is 13.9. The summed E-state index contributed by atoms with van der Waals surface area (Å²) in [5.74, 6) is 0.171. The highest BCUT2D eigenvalue weighted by atomic mass is 19.1. The third kappa shape index (κ3) is 4.67. The first-order valence-electron chi connectivity index (χ1n) is 7.81. The van der Waals surface area contributed by atoms with Crippen LogP contribution in [0.4, 0.5) is 10.2 Å². The molecule has 4 heteroatoms. The summed E-state index contributed by atoms with van der Waals surface area (Å²) in [4.78, 5) is 4.18. The molecule has 2 rings (SSSR count). The van der Waals surface area contributed by atoms with Crippen molar-refractivity contribution in [1.82, 2.24) is 10.3 Å². The van der Waals surface area contributed by atoms with E-state index in [9.17, 15) is 4.39 Å². The number of halogens is 1. The maximum absolute atomic E-state index is 14.5. The summed E-state index contributed by atoms with van der Waals surface area (Å²) in [6.45, 7) is 11.3. The summed E-state index contributed by atoms with van der Waals surface area (Å²) >= 11 is 0. The molecule has 1 atom stereocenters. The largest absolute Gasteiger partial charge is 0.365 e. The van der Waals surface area contributed by atoms with E-state index in [1.54, 1.807) is 12.3 Å². The highest BCUT2D eigenvalue weighted by Gasteiger charge is 2.31. The van der Waals surface area contributed by atoms with Gasteiger partial charge in [0.15, 0.2) is 11.6 Å². The van der Waals surface area contributed by atoms with E-state index in [-0.39, 0.29) is 11.4 Å². The molecular formula is C17H28FN3. The molecule has 21 heavy (non-hydrogen) atoms. The highest BCUT2D eigenvalue weighted by Crippen LogP contribution is 2.38. The number of nitrogens with one attached hydrogen (secondary N) is 2. The van der Waals surface area contributed by atoms with Crippen LogP contribution in [0.15, 0.2) is 12.3 Å². The van der Waals surface area contributed by atoms with E-state index in [1.807, 2.05) is 0 Å². The van der Waals surface area contributed by atoms with Crippen LogP contribution >= 0.6 is 0 Å². The molecule has 0 amide bonds. The molecule has 1 aromatic heterocycles. The Kier molecular flexibility index (Phi) is 4.57. The van der Waals surface area contributed by atoms with Gasteiger partial charge in [-0.1, -0.05) is 13.8 Å². The van der Waals surface area contributed by atoms with Crippen LogP contribution in [0.25, 0.3) is 0 Å². The third-order valence-electron chi connectivity index (χ3n) is 4.09. The summed E-state index contributed by atoms with van der Waals surface area (Å²) < 4.78 is 14.5. The van der Waals surface area contributed by atoms with Gasteiger partial charge in [0.05, 0.1) is 0 Å². The third-order valence-corrected chi connectivity index (χ3v) is 4.09. The Morgan fingerprint density at radius 3 is 2.67 bits per heavy atom. The summed E-state index contributed by atoms with van der Waals surface area (Å²) in [7, 11) is 0. The number of nitrogens with zero attached hydrogens (tertiary/aromatic N) is 1. The average Bonchev–Trinajstić information content (AvgIpc) is 2.69. The molecule has 1 unspecified atom stereocenters. The average molecular weight is 293 g/mol. The molecule has 0 radical (unpaired) electrons. The molecule has 0 spiro atoms. The zero-order valence-corrected chi connectivity index (χ0v) is 13.9. The van der Waals surface area contributed by atoms with Crippen molar-refractivity contribution >= 4 is 5.82 Å². The smallest absolute Gasteiger partial charge is 0.169 e. The molecule has 3 nitrogen and oxygen atoms in total. The van der Waals surface area contributed by atoms with Crippen LogP contribution in [0.3, 0.4) is 0 Å². The lowest BCUT2D eigenvalue weighted by Gasteiger charge is -2.22. The van der Waals surface area contributed by atoms with E-state index in [1.165, 1.54) is 6.42 Å². The first-order chi connectivity index (χ1) is 9.66. The van der Waals surface area contributed by atoms with Gasteiger partial charge in [-0.25, -0.2) is 9.37 Å². The van der Waals surface area contributed by atoms with Gasteiger partial charge in [0.25, 0.3) is 0 Å². The molecular weight excluding hydrogens is 265 g/mol. The topological polar surface area (TPSA) is 37.0 Å². The second kappa shape index (κ2) is 5.91. The fourth-order valence-electron chi connectivity index (χ4n) is 2.83. The van der Waals surface area contributed by atoms with E-state index in [0.717, 1.165) is 12.8 Å². The van der Waals surface area contributed by atoms with Crippen LogP contribution in [0.2, 0.25) is 0 Å². The number of hydrogen-bond acceptors (Lipinski definition) is 3. The molecule has 1 aromatic rings. The van der Waals surface area contributed by atoms with Crippen LogP contribution in [-0.2, 0) is 6.54 Å². The minimum Gasteiger partial charge on any atom is -0.365 e. The Balaban J connectivity index is 2.04. The lowest BCUT2D eigenvalue weighted by atomic mass is 9.92. The van der Waals surface area contributed by atoms with E-state index >= 15 is 0 Å². The predicted octanol–water partition coefficient (Wildman–Crippen LogP) is 4.10. The van der Waals surface area contributed by atoms with Crippen molar-refractivity contribution in [3.05, 3.63) is 23.6 Å². The van der Waals surface area contributed by atoms with Crippen LogP contribution in [0.1, 0.15) is 59.4 Å². The van der Waals surface area contributed by atoms with Gasteiger partial charge in [0.1, 0.15) is 0 Å². The Bertz CT molecular complexity index is 491. The molecule has 0 bridgehead atoms. The lowest BCUT2D eigenvalue weighted by molar-refractivity contribution is 0.378. The number of anilines is 1. The van der Waals surface area contributed by atoms with Gasteiger partial charge in [-0.3, -0.25) is 0 Å². The van der Waals surface area contributed by atoms with Gasteiger partial charge in [-0.2, -0.15) is 0 Å². The van der Waals surface area contributed by atoms with Gasteiger partial charge < -0.3 is 10.6 Å². The predicted molar refractivity (Wildman–Crippen MR) is 85.8 cm³/mol. The Labute approximate surface area is 127 Å². The molecule has 118 valence electrons. The molecule has 1 heterocycles. The number of hydrogen-bond donors (Lipinski definition) is 2. The minimum absolute atomic E-state index is 0.0290. The molecule has 0 aliphatic heterocycles. The van der Waals surface area contributed by atoms with Crippen LogP contribution in [0, 0.1) is 11.2 Å². The molecule has 1 aliphatic carbocycles. The summed E-state index contributed by atoms with van der Waals surface area (Å²) in [6, 6.07) is 2.07. The molecule has 0 saturated heterocycles. The van der Waals surface area contributed by atoms with E-state index in [4.69, 9.17) is 0 Å². The first-order valence-corrected chi connectivity index (χ1v) is 7.81. The molecule has 1 aliphatic rings. The monoisotopic (exact) mass is 293 g/mol. The number of pyridine rings is 1. The summed E-state index contributed by atoms with van der Waals surface area (Å²) in [5.41, 5.74) is 0.984. The normalized spacial score (nSPS) is 21.5. The Hall–Kier alpha value is -1.16. The second-order valence-corrected chi connectivity index (χ2v) is 7.98. The van der Waals surface area contributed by atoms with Crippen molar-refractivity contribution in [3.8, 4) is 0 Å². The maximum Gasteiger partial charge on any atom is 0.169 e. The van der Waals surface area contributed by atoms with Crippen molar-refractivity contribution in [2.45, 2.75) is 72.0 Å². The van der Waals surface area contributed by atoms with Crippen LogP contribution in [0.5, 0.6) is 0 Å². The lowest BCUT2D eigenvalue weighted by Crippen LogP contribution is -2.35. The number of aromatic nitrogens is 1. The van der Waals surface area contributed by atoms with Gasteiger partial charge in [0, 0.05) is 29.9 Å². The van der Waals surface area contributed by atoms with Crippen molar-refractivity contribution < 1.29 is 4.39 Å². The maximum atomic E-state index is 14.5. The fourth-order valence-corrected chi connectivity index (χ4v) is 2.83. The first kappa shape index (κ1) is 16.2. The van der Waals surface area contributed by atoms with Crippen molar-refractivity contribution in [2.24, 2.45) is 5.41 Å². The fraction of sp³-hybridized carbons (Fsp3) is 0.706. The van der Waals surface area contributed by atoms with E-state index in [2.05, 4.69) is 50.2 Å². The van der Waals surface area contributed by atoms with Crippen LogP contribution in [-0.4, -0.2) is 16.6 Å². The van der Waals surface area contributed by atoms with Crippen molar-refractivity contribution in [1.29, 1.82) is 0 Å². The second-order valence-electron chi connectivity index (χ2n) is 7.98. The molecule has 0 aromatic carbocycles. The summed E-state index contributed by atoms with van der Waals surface area (Å²) in [6.07, 6.45) is 5.01. The van der Waals surface area contributed by atoms with Crippen molar-refractivity contribution in [2.75, 3.05) is 5.32 Å². The SMILES string of the molecule is CC1(C)CCC(Nc2nccc(CNC(C)(C)C)c2F)C1. The zero-order chi connectivity index (χ0) is 15.7. The van der Waals surface area contributed by atoms with E-state index < -0.39 is 0 Å². The van der Waals surface area contributed by atoms with Gasteiger partial charge in [-0.15, -0.1) is 0 Å². The van der Waals surface area contributed by atoms with Crippen molar-refractivity contribution in [3.63, 3.8) is 0 Å².